The van der Waals surface area contributed by atoms with Gasteiger partial charge in [0, 0.05) is 37.9 Å². The molecular formula is C26H39N3O3. The largest absolute Gasteiger partial charge is 0.493 e. The van der Waals surface area contributed by atoms with Gasteiger partial charge in [0.05, 0.1) is 7.11 Å². The molecule has 1 fully saturated rings. The normalized spacial score (nSPS) is 16.4. The smallest absolute Gasteiger partial charge is 0.161 e. The standard InChI is InChI=1S/C26H39N3O3/c1-28(17-13-23-10-6-7-14-27-23)19-22-11-12-25(26(18-22)31-2)32-21-24(30)20-29-15-8-4-3-5-9-16-29/h6-7,10-12,14,18,24,30H,3-5,8-9,13,15-17,19-21H2,1-2H3/t24-/m0/s1. The number of β-amino-alcohol motifs (C(OH)–C–C–N with tert-alkyl or cyclic N) is 1. The second-order valence-corrected chi connectivity index (χ2v) is 8.83. The summed E-state index contributed by atoms with van der Waals surface area (Å²) in [5.41, 5.74) is 2.27. The van der Waals surface area contributed by atoms with Crippen LogP contribution < -0.4 is 9.47 Å². The van der Waals surface area contributed by atoms with Crippen LogP contribution in [0.5, 0.6) is 11.5 Å². The molecule has 2 heterocycles. The van der Waals surface area contributed by atoms with Gasteiger partial charge in [-0.1, -0.05) is 31.4 Å². The lowest BCUT2D eigenvalue weighted by atomic mass is 10.1. The molecule has 0 amide bonds. The Balaban J connectivity index is 1.46. The minimum atomic E-state index is -0.503. The molecule has 2 aromatic rings. The third-order valence-corrected chi connectivity index (χ3v) is 6.01. The molecule has 0 bridgehead atoms. The number of likely N-dealkylation sites (tertiary alicyclic amines) is 1. The summed E-state index contributed by atoms with van der Waals surface area (Å²) < 4.78 is 11.5. The van der Waals surface area contributed by atoms with Crippen LogP contribution in [-0.2, 0) is 13.0 Å². The molecule has 176 valence electrons. The second kappa shape index (κ2) is 13.4. The quantitative estimate of drug-likeness (QED) is 0.573. The topological polar surface area (TPSA) is 58.1 Å². The molecule has 32 heavy (non-hydrogen) atoms. The number of pyridine rings is 1. The number of likely N-dealkylation sites (N-methyl/N-ethyl adjacent to an activating group) is 1. The number of aromatic nitrogens is 1. The van der Waals surface area contributed by atoms with Crippen LogP contribution >= 0.6 is 0 Å². The number of benzene rings is 1. The van der Waals surface area contributed by atoms with E-state index in [1.54, 1.807) is 7.11 Å². The highest BCUT2D eigenvalue weighted by Crippen LogP contribution is 2.28. The van der Waals surface area contributed by atoms with Crippen molar-refractivity contribution in [2.45, 2.75) is 51.2 Å². The van der Waals surface area contributed by atoms with E-state index in [0.717, 1.165) is 38.3 Å². The van der Waals surface area contributed by atoms with Crippen LogP contribution in [0.2, 0.25) is 0 Å². The van der Waals surface area contributed by atoms with Gasteiger partial charge in [-0.05, 0) is 62.8 Å². The molecule has 1 aromatic heterocycles. The summed E-state index contributed by atoms with van der Waals surface area (Å²) in [6.07, 6.45) is 8.63. The fourth-order valence-electron chi connectivity index (χ4n) is 4.20. The van der Waals surface area contributed by atoms with E-state index >= 15 is 0 Å². The molecule has 1 aromatic carbocycles. The molecule has 0 saturated carbocycles. The van der Waals surface area contributed by atoms with E-state index in [0.29, 0.717) is 18.0 Å². The highest BCUT2D eigenvalue weighted by atomic mass is 16.5. The van der Waals surface area contributed by atoms with Crippen molar-refractivity contribution < 1.29 is 14.6 Å². The van der Waals surface area contributed by atoms with Crippen LogP contribution in [0.4, 0.5) is 0 Å². The Kier molecular flexibility index (Phi) is 10.3. The molecule has 1 aliphatic rings. The van der Waals surface area contributed by atoms with Gasteiger partial charge in [0.2, 0.25) is 0 Å². The van der Waals surface area contributed by atoms with Crippen LogP contribution in [-0.4, -0.2) is 72.9 Å². The van der Waals surface area contributed by atoms with Gasteiger partial charge in [0.25, 0.3) is 0 Å². The Morgan fingerprint density at radius 2 is 1.84 bits per heavy atom. The van der Waals surface area contributed by atoms with Gasteiger partial charge < -0.3 is 24.4 Å². The third kappa shape index (κ3) is 8.41. The Morgan fingerprint density at radius 3 is 2.56 bits per heavy atom. The van der Waals surface area contributed by atoms with Crippen molar-refractivity contribution in [3.8, 4) is 11.5 Å². The average Bonchev–Trinajstić information content (AvgIpc) is 2.79. The number of aliphatic hydroxyl groups is 1. The first-order valence-electron chi connectivity index (χ1n) is 11.9. The summed E-state index contributed by atoms with van der Waals surface area (Å²) >= 11 is 0. The summed E-state index contributed by atoms with van der Waals surface area (Å²) in [6.45, 7) is 4.84. The third-order valence-electron chi connectivity index (χ3n) is 6.01. The maximum Gasteiger partial charge on any atom is 0.161 e. The van der Waals surface area contributed by atoms with Gasteiger partial charge in [0.1, 0.15) is 12.7 Å². The molecule has 1 atom stereocenters. The number of hydrogen-bond acceptors (Lipinski definition) is 6. The van der Waals surface area contributed by atoms with Crippen molar-refractivity contribution in [2.24, 2.45) is 0 Å². The van der Waals surface area contributed by atoms with E-state index in [1.807, 2.05) is 30.5 Å². The fourth-order valence-corrected chi connectivity index (χ4v) is 4.20. The number of aliphatic hydroxyl groups excluding tert-OH is 1. The fraction of sp³-hybridized carbons (Fsp3) is 0.577. The highest BCUT2D eigenvalue weighted by Gasteiger charge is 2.15. The number of methoxy groups -OCH3 is 1. The number of ether oxygens (including phenoxy) is 2. The van der Waals surface area contributed by atoms with E-state index < -0.39 is 6.10 Å². The van der Waals surface area contributed by atoms with Crippen LogP contribution in [0, 0.1) is 0 Å². The summed E-state index contributed by atoms with van der Waals surface area (Å²) in [5, 5.41) is 10.5. The molecule has 1 N–H and O–H groups in total. The molecule has 0 spiro atoms. The van der Waals surface area contributed by atoms with Gasteiger partial charge in [-0.2, -0.15) is 0 Å². The average molecular weight is 442 g/mol. The SMILES string of the molecule is COc1cc(CN(C)CCc2ccccn2)ccc1OC[C@@H](O)CN1CCCCCCC1. The first kappa shape index (κ1) is 24.5. The van der Waals surface area contributed by atoms with E-state index in [9.17, 15) is 5.11 Å². The molecule has 0 unspecified atom stereocenters. The first-order chi connectivity index (χ1) is 15.6. The molecule has 6 nitrogen and oxygen atoms in total. The van der Waals surface area contributed by atoms with Crippen LogP contribution in [0.25, 0.3) is 0 Å². The zero-order valence-electron chi connectivity index (χ0n) is 19.7. The van der Waals surface area contributed by atoms with Crippen molar-refractivity contribution in [2.75, 3.05) is 46.9 Å². The van der Waals surface area contributed by atoms with E-state index in [2.05, 4.69) is 34.0 Å². The minimum absolute atomic E-state index is 0.274. The van der Waals surface area contributed by atoms with Crippen LogP contribution in [0.15, 0.2) is 42.6 Å². The zero-order valence-corrected chi connectivity index (χ0v) is 19.7. The van der Waals surface area contributed by atoms with Crippen molar-refractivity contribution in [3.05, 3.63) is 53.9 Å². The summed E-state index contributed by atoms with van der Waals surface area (Å²) in [4.78, 5) is 9.03. The van der Waals surface area contributed by atoms with Crippen molar-refractivity contribution in [1.29, 1.82) is 0 Å². The predicted molar refractivity (Wildman–Crippen MR) is 128 cm³/mol. The van der Waals surface area contributed by atoms with E-state index in [4.69, 9.17) is 9.47 Å². The summed E-state index contributed by atoms with van der Waals surface area (Å²) in [5.74, 6) is 1.39. The number of hydrogen-bond donors (Lipinski definition) is 1. The Hall–Kier alpha value is -2.15. The second-order valence-electron chi connectivity index (χ2n) is 8.83. The lowest BCUT2D eigenvalue weighted by Gasteiger charge is -2.26. The van der Waals surface area contributed by atoms with Crippen molar-refractivity contribution in [3.63, 3.8) is 0 Å². The van der Waals surface area contributed by atoms with Crippen molar-refractivity contribution in [1.82, 2.24) is 14.8 Å². The Bertz CT molecular complexity index is 779. The molecule has 1 aliphatic heterocycles. The van der Waals surface area contributed by atoms with E-state index in [-0.39, 0.29) is 6.61 Å². The molecule has 6 heteroatoms. The highest BCUT2D eigenvalue weighted by molar-refractivity contribution is 5.43. The number of nitrogens with zero attached hydrogens (tertiary/aromatic N) is 3. The lowest BCUT2D eigenvalue weighted by Crippen LogP contribution is -2.37. The molecule has 3 rings (SSSR count). The van der Waals surface area contributed by atoms with Crippen molar-refractivity contribution >= 4 is 0 Å². The summed E-state index contributed by atoms with van der Waals surface area (Å²) in [6, 6.07) is 12.1. The van der Waals surface area contributed by atoms with E-state index in [1.165, 1.54) is 37.7 Å². The maximum atomic E-state index is 10.5. The van der Waals surface area contributed by atoms with Gasteiger partial charge in [-0.3, -0.25) is 4.98 Å². The molecule has 1 saturated heterocycles. The first-order valence-corrected chi connectivity index (χ1v) is 11.9. The zero-order chi connectivity index (χ0) is 22.6. The van der Waals surface area contributed by atoms with Gasteiger partial charge in [0.15, 0.2) is 11.5 Å². The van der Waals surface area contributed by atoms with Crippen LogP contribution in [0.1, 0.15) is 43.4 Å². The van der Waals surface area contributed by atoms with Gasteiger partial charge >= 0.3 is 0 Å². The minimum Gasteiger partial charge on any atom is -0.493 e. The maximum absolute atomic E-state index is 10.5. The monoisotopic (exact) mass is 441 g/mol. The lowest BCUT2D eigenvalue weighted by molar-refractivity contribution is 0.0645. The predicted octanol–water partition coefficient (Wildman–Crippen LogP) is 3.77. The van der Waals surface area contributed by atoms with Crippen LogP contribution in [0.3, 0.4) is 0 Å². The molecular weight excluding hydrogens is 402 g/mol. The van der Waals surface area contributed by atoms with Gasteiger partial charge in [-0.25, -0.2) is 0 Å². The summed E-state index contributed by atoms with van der Waals surface area (Å²) in [7, 11) is 3.77. The molecule has 0 radical (unpaired) electrons. The Morgan fingerprint density at radius 1 is 1.06 bits per heavy atom. The molecule has 0 aliphatic carbocycles. The van der Waals surface area contributed by atoms with Gasteiger partial charge in [-0.15, -0.1) is 0 Å². The number of rotatable bonds is 11. The Labute approximate surface area is 193 Å².